The fourth-order valence-corrected chi connectivity index (χ4v) is 3.33. The highest BCUT2D eigenvalue weighted by molar-refractivity contribution is 5.98. The predicted molar refractivity (Wildman–Crippen MR) is 117 cm³/mol. The lowest BCUT2D eigenvalue weighted by molar-refractivity contribution is -0.121. The molecule has 1 saturated heterocycles. The van der Waals surface area contributed by atoms with Crippen LogP contribution in [0.5, 0.6) is 5.75 Å². The fourth-order valence-electron chi connectivity index (χ4n) is 3.33. The van der Waals surface area contributed by atoms with Crippen LogP contribution in [0.25, 0.3) is 0 Å². The van der Waals surface area contributed by atoms with Crippen LogP contribution in [-0.2, 0) is 14.3 Å². The molecule has 2 amide bonds. The van der Waals surface area contributed by atoms with Crippen LogP contribution in [0.3, 0.4) is 0 Å². The lowest BCUT2D eigenvalue weighted by Crippen LogP contribution is -2.45. The molecule has 30 heavy (non-hydrogen) atoms. The van der Waals surface area contributed by atoms with Gasteiger partial charge in [-0.05, 0) is 52.2 Å². The zero-order chi connectivity index (χ0) is 22.1. The molecule has 0 bridgehead atoms. The van der Waals surface area contributed by atoms with Gasteiger partial charge in [0.2, 0.25) is 5.91 Å². The maximum atomic E-state index is 13.0. The van der Waals surface area contributed by atoms with Gasteiger partial charge >= 0.3 is 6.09 Å². The van der Waals surface area contributed by atoms with Crippen molar-refractivity contribution in [1.29, 1.82) is 0 Å². The van der Waals surface area contributed by atoms with Crippen LogP contribution in [0.2, 0.25) is 0 Å². The van der Waals surface area contributed by atoms with Gasteiger partial charge in [-0.15, -0.1) is 0 Å². The van der Waals surface area contributed by atoms with Crippen molar-refractivity contribution < 1.29 is 23.8 Å². The van der Waals surface area contributed by atoms with Gasteiger partial charge in [0, 0.05) is 33.4 Å². The summed E-state index contributed by atoms with van der Waals surface area (Å²) in [6.45, 7) is 7.80. The molecule has 0 radical (unpaired) electrons. The summed E-state index contributed by atoms with van der Waals surface area (Å²) in [6.07, 6.45) is 1.94. The maximum absolute atomic E-state index is 13.0. The molecular weight excluding hydrogens is 386 g/mol. The number of para-hydroxylation sites is 1. The number of carbonyl (C=O) groups is 2. The van der Waals surface area contributed by atoms with Crippen LogP contribution >= 0.6 is 0 Å². The third-order valence-corrected chi connectivity index (χ3v) is 4.78. The molecule has 0 saturated carbocycles. The van der Waals surface area contributed by atoms with Crippen LogP contribution in [-0.4, -0.2) is 63.0 Å². The summed E-state index contributed by atoms with van der Waals surface area (Å²) >= 11 is 0. The Balaban J connectivity index is 2.06. The number of hydrogen-bond donors (Lipinski definition) is 2. The first kappa shape index (κ1) is 23.8. The van der Waals surface area contributed by atoms with E-state index in [1.54, 1.807) is 19.1 Å². The van der Waals surface area contributed by atoms with E-state index in [2.05, 4.69) is 10.6 Å². The third-order valence-electron chi connectivity index (χ3n) is 4.78. The molecule has 1 aliphatic rings. The Bertz CT molecular complexity index is 717. The minimum atomic E-state index is -0.562. The normalized spacial score (nSPS) is 16.7. The van der Waals surface area contributed by atoms with Gasteiger partial charge in [0.05, 0.1) is 18.7 Å². The lowest BCUT2D eigenvalue weighted by atomic mass is 9.97. The number of carbonyl (C=O) groups excluding carboxylic acids is 2. The number of methoxy groups -OCH3 is 2. The van der Waals surface area contributed by atoms with Crippen molar-refractivity contribution in [2.24, 2.45) is 5.92 Å². The average Bonchev–Trinajstić information content (AvgIpc) is 2.71. The molecule has 1 fully saturated rings. The van der Waals surface area contributed by atoms with Gasteiger partial charge in [-0.1, -0.05) is 6.07 Å². The number of ether oxygens (including phenoxy) is 3. The second-order valence-corrected chi connectivity index (χ2v) is 8.41. The lowest BCUT2D eigenvalue weighted by Gasteiger charge is -2.33. The molecular formula is C22H35N3O5. The quantitative estimate of drug-likeness (QED) is 0.622. The summed E-state index contributed by atoms with van der Waals surface area (Å²) in [5.41, 5.74) is 0.836. The zero-order valence-electron chi connectivity index (χ0n) is 18.7. The van der Waals surface area contributed by atoms with Gasteiger partial charge in [-0.25, -0.2) is 4.79 Å². The Hall–Kier alpha value is -2.48. The highest BCUT2D eigenvalue weighted by atomic mass is 16.6. The molecule has 2 N–H and O–H groups in total. The molecule has 1 aliphatic heterocycles. The van der Waals surface area contributed by atoms with Crippen molar-refractivity contribution in [2.75, 3.05) is 51.1 Å². The number of nitrogens with zero attached hydrogens (tertiary/aromatic N) is 1. The van der Waals surface area contributed by atoms with E-state index in [1.165, 1.54) is 0 Å². The molecule has 1 atom stereocenters. The second kappa shape index (κ2) is 11.1. The summed E-state index contributed by atoms with van der Waals surface area (Å²) in [5.74, 6) is 0.144. The van der Waals surface area contributed by atoms with E-state index < -0.39 is 5.60 Å². The highest BCUT2D eigenvalue weighted by Crippen LogP contribution is 2.33. The molecule has 2 rings (SSSR count). The van der Waals surface area contributed by atoms with Crippen molar-refractivity contribution in [3.63, 3.8) is 0 Å². The van der Waals surface area contributed by atoms with Crippen LogP contribution in [0.15, 0.2) is 18.2 Å². The van der Waals surface area contributed by atoms with Crippen molar-refractivity contribution >= 4 is 23.4 Å². The van der Waals surface area contributed by atoms with E-state index in [4.69, 9.17) is 14.2 Å². The van der Waals surface area contributed by atoms with Gasteiger partial charge < -0.3 is 29.7 Å². The van der Waals surface area contributed by atoms with E-state index in [1.807, 2.05) is 39.0 Å². The molecule has 8 nitrogen and oxygen atoms in total. The minimum Gasteiger partial charge on any atom is -0.494 e. The van der Waals surface area contributed by atoms with Crippen LogP contribution < -0.4 is 15.4 Å². The van der Waals surface area contributed by atoms with E-state index in [0.717, 1.165) is 24.9 Å². The molecule has 0 aliphatic carbocycles. The van der Waals surface area contributed by atoms with E-state index in [0.29, 0.717) is 37.7 Å². The molecule has 1 aromatic rings. The van der Waals surface area contributed by atoms with Crippen molar-refractivity contribution in [3.8, 4) is 5.75 Å². The molecule has 0 spiro atoms. The number of nitrogens with one attached hydrogen (secondary N) is 2. The predicted octanol–water partition coefficient (Wildman–Crippen LogP) is 3.73. The number of hydrogen-bond acceptors (Lipinski definition) is 6. The van der Waals surface area contributed by atoms with E-state index >= 15 is 0 Å². The number of rotatable bonds is 8. The number of benzene rings is 1. The number of amides is 2. The molecule has 1 aromatic carbocycles. The summed E-state index contributed by atoms with van der Waals surface area (Å²) in [6, 6.07) is 5.58. The van der Waals surface area contributed by atoms with Crippen LogP contribution in [0.4, 0.5) is 16.2 Å². The van der Waals surface area contributed by atoms with Crippen LogP contribution in [0, 0.1) is 5.92 Å². The van der Waals surface area contributed by atoms with Gasteiger partial charge in [0.1, 0.15) is 17.0 Å². The highest BCUT2D eigenvalue weighted by Gasteiger charge is 2.31. The Morgan fingerprint density at radius 2 is 2.00 bits per heavy atom. The zero-order valence-corrected chi connectivity index (χ0v) is 18.7. The first-order valence-electron chi connectivity index (χ1n) is 10.4. The molecule has 0 aromatic heterocycles. The standard InChI is InChI=1S/C22H35N3O5/c1-22(2,3)30-21(27)25-13-7-9-16(15-25)20(26)24-19-17(23-12-8-14-28-4)10-6-11-18(19)29-5/h6,10-11,16,23H,7-9,12-15H2,1-5H3,(H,24,26). The third kappa shape index (κ3) is 7.09. The first-order chi connectivity index (χ1) is 14.2. The fraction of sp³-hybridized carbons (Fsp3) is 0.636. The molecule has 1 heterocycles. The van der Waals surface area contributed by atoms with E-state index in [-0.39, 0.29) is 17.9 Å². The average molecular weight is 422 g/mol. The van der Waals surface area contributed by atoms with Gasteiger partial charge in [-0.2, -0.15) is 0 Å². The second-order valence-electron chi connectivity index (χ2n) is 8.41. The molecule has 168 valence electrons. The minimum absolute atomic E-state index is 0.132. The largest absolute Gasteiger partial charge is 0.494 e. The van der Waals surface area contributed by atoms with E-state index in [9.17, 15) is 9.59 Å². The summed E-state index contributed by atoms with van der Waals surface area (Å²) in [5, 5.41) is 6.34. The van der Waals surface area contributed by atoms with Gasteiger partial charge in [0.15, 0.2) is 0 Å². The molecule has 1 unspecified atom stereocenters. The number of piperidine rings is 1. The smallest absolute Gasteiger partial charge is 0.410 e. The summed E-state index contributed by atoms with van der Waals surface area (Å²) < 4.78 is 16.0. The maximum Gasteiger partial charge on any atom is 0.410 e. The Morgan fingerprint density at radius 3 is 2.67 bits per heavy atom. The Labute approximate surface area is 179 Å². The Kier molecular flexibility index (Phi) is 8.77. The summed E-state index contributed by atoms with van der Waals surface area (Å²) in [4.78, 5) is 27.0. The number of likely N-dealkylation sites (tertiary alicyclic amines) is 1. The molecule has 8 heteroatoms. The summed E-state index contributed by atoms with van der Waals surface area (Å²) in [7, 11) is 3.24. The SMILES string of the molecule is COCCCNc1cccc(OC)c1NC(=O)C1CCCN(C(=O)OC(C)(C)C)C1. The van der Waals surface area contributed by atoms with Crippen molar-refractivity contribution in [2.45, 2.75) is 45.6 Å². The topological polar surface area (TPSA) is 89.1 Å². The number of anilines is 2. The Morgan fingerprint density at radius 1 is 1.23 bits per heavy atom. The van der Waals surface area contributed by atoms with Gasteiger partial charge in [0.25, 0.3) is 0 Å². The first-order valence-corrected chi connectivity index (χ1v) is 10.4. The monoisotopic (exact) mass is 421 g/mol. The van der Waals surface area contributed by atoms with Gasteiger partial charge in [-0.3, -0.25) is 4.79 Å². The van der Waals surface area contributed by atoms with Crippen molar-refractivity contribution in [3.05, 3.63) is 18.2 Å². The van der Waals surface area contributed by atoms with Crippen molar-refractivity contribution in [1.82, 2.24) is 4.90 Å². The van der Waals surface area contributed by atoms with Crippen LogP contribution in [0.1, 0.15) is 40.0 Å².